The quantitative estimate of drug-likeness (QED) is 0.352. The molecule has 0 bridgehead atoms. The molecular formula is C14H14Br2Ti. The van der Waals surface area contributed by atoms with Crippen molar-refractivity contribution in [2.45, 2.75) is 0 Å². The molecule has 0 saturated heterocycles. The topological polar surface area (TPSA) is 0 Å². The zero-order valence-electron chi connectivity index (χ0n) is 9.44. The summed E-state index contributed by atoms with van der Waals surface area (Å²) in [4.78, 5) is 0. The molecule has 0 unspecified atom stereocenters. The van der Waals surface area contributed by atoms with Crippen LogP contribution in [-0.4, -0.2) is 0 Å². The molecule has 0 aliphatic rings. The van der Waals surface area contributed by atoms with Crippen LogP contribution in [0.2, 0.25) is 0 Å². The van der Waals surface area contributed by atoms with Crippen molar-refractivity contribution in [3.05, 3.63) is 85.6 Å². The Morgan fingerprint density at radius 3 is 0.882 bits per heavy atom. The Labute approximate surface area is 140 Å². The van der Waals surface area contributed by atoms with Gasteiger partial charge in [-0.05, 0) is 0 Å². The maximum absolute atomic E-state index is 3.72. The van der Waals surface area contributed by atoms with Gasteiger partial charge in [0.15, 0.2) is 0 Å². The fourth-order valence-electron chi connectivity index (χ4n) is 0.956. The standard InChI is InChI=1S/2C7H7.2BrH.Ti/c2*1-7-5-3-2-4-6-7;;;/h2*2-6H,1H2;2*1H;/q2*-1;;;+4/p-2. The molecule has 3 heteroatoms. The molecule has 0 heterocycles. The molecule has 88 valence electrons. The first kappa shape index (κ1) is 22.1. The average molecular weight is 390 g/mol. The maximum atomic E-state index is 3.72. The third-order valence-corrected chi connectivity index (χ3v) is 1.69. The first-order valence-electron chi connectivity index (χ1n) is 4.53. The number of hydrogen-bond donors (Lipinski definition) is 0. The normalized spacial score (nSPS) is 7.06. The van der Waals surface area contributed by atoms with Gasteiger partial charge in [-0.3, -0.25) is 0 Å². The Balaban J connectivity index is -0.000000196. The fourth-order valence-corrected chi connectivity index (χ4v) is 0.956. The monoisotopic (exact) mass is 388 g/mol. The summed E-state index contributed by atoms with van der Waals surface area (Å²) in [6.45, 7) is 7.44. The van der Waals surface area contributed by atoms with Gasteiger partial charge in [-0.2, -0.15) is 49.2 Å². The van der Waals surface area contributed by atoms with Gasteiger partial charge in [0.2, 0.25) is 0 Å². The van der Waals surface area contributed by atoms with Gasteiger partial charge < -0.3 is 34.0 Å². The summed E-state index contributed by atoms with van der Waals surface area (Å²) in [5, 5.41) is 0. The van der Waals surface area contributed by atoms with E-state index in [-0.39, 0.29) is 55.7 Å². The molecule has 0 fully saturated rings. The van der Waals surface area contributed by atoms with Gasteiger partial charge >= 0.3 is 21.7 Å². The van der Waals surface area contributed by atoms with E-state index in [0.717, 1.165) is 11.1 Å². The summed E-state index contributed by atoms with van der Waals surface area (Å²) >= 11 is 0. The summed E-state index contributed by atoms with van der Waals surface area (Å²) in [7, 11) is 0. The van der Waals surface area contributed by atoms with Gasteiger partial charge in [0.1, 0.15) is 0 Å². The van der Waals surface area contributed by atoms with Crippen LogP contribution in [0.3, 0.4) is 0 Å². The number of benzene rings is 2. The Morgan fingerprint density at radius 1 is 0.529 bits per heavy atom. The van der Waals surface area contributed by atoms with Crippen molar-refractivity contribution in [2.75, 3.05) is 0 Å². The molecule has 0 spiro atoms. The Bertz CT molecular complexity index is 312. The first-order valence-corrected chi connectivity index (χ1v) is 4.53. The molecular weight excluding hydrogens is 376 g/mol. The third kappa shape index (κ3) is 12.1. The Hall–Kier alpha value is -0.146. The Morgan fingerprint density at radius 2 is 0.765 bits per heavy atom. The van der Waals surface area contributed by atoms with Gasteiger partial charge in [0.05, 0.1) is 0 Å². The number of hydrogen-bond acceptors (Lipinski definition) is 0. The predicted molar refractivity (Wildman–Crippen MR) is 61.8 cm³/mol. The van der Waals surface area contributed by atoms with Crippen LogP contribution in [0, 0.1) is 13.8 Å². The minimum Gasteiger partial charge on any atom is -1.00 e. The minimum absolute atomic E-state index is 0. The van der Waals surface area contributed by atoms with E-state index in [9.17, 15) is 0 Å². The molecule has 0 aliphatic carbocycles. The van der Waals surface area contributed by atoms with Crippen molar-refractivity contribution in [3.8, 4) is 0 Å². The summed E-state index contributed by atoms with van der Waals surface area (Å²) in [5.74, 6) is 0. The fraction of sp³-hybridized carbons (Fsp3) is 0. The van der Waals surface area contributed by atoms with Crippen molar-refractivity contribution in [2.24, 2.45) is 0 Å². The molecule has 0 radical (unpaired) electrons. The summed E-state index contributed by atoms with van der Waals surface area (Å²) in [5.41, 5.74) is 2.14. The molecule has 0 saturated carbocycles. The van der Waals surface area contributed by atoms with Crippen LogP contribution in [0.15, 0.2) is 60.7 Å². The smallest absolute Gasteiger partial charge is 1.00 e. The third-order valence-electron chi connectivity index (χ3n) is 1.69. The van der Waals surface area contributed by atoms with Gasteiger partial charge in [-0.1, -0.05) is 12.1 Å². The van der Waals surface area contributed by atoms with Gasteiger partial charge in [0.25, 0.3) is 0 Å². The molecule has 17 heavy (non-hydrogen) atoms. The molecule has 2 aromatic carbocycles. The SMILES string of the molecule is [Br-].[Br-].[CH2-]c1ccccc1.[CH2-]c1ccccc1.[Ti+4]. The van der Waals surface area contributed by atoms with Crippen LogP contribution < -0.4 is 34.0 Å². The van der Waals surface area contributed by atoms with E-state index >= 15 is 0 Å². The van der Waals surface area contributed by atoms with Crippen molar-refractivity contribution in [3.63, 3.8) is 0 Å². The van der Waals surface area contributed by atoms with E-state index in [1.54, 1.807) is 0 Å². The second kappa shape index (κ2) is 13.9. The van der Waals surface area contributed by atoms with Crippen molar-refractivity contribution in [1.29, 1.82) is 0 Å². The summed E-state index contributed by atoms with van der Waals surface area (Å²) in [6, 6.07) is 19.7. The predicted octanol–water partition coefficient (Wildman–Crippen LogP) is -2.26. The van der Waals surface area contributed by atoms with Crippen LogP contribution in [-0.2, 0) is 21.7 Å². The van der Waals surface area contributed by atoms with Crippen molar-refractivity contribution >= 4 is 0 Å². The molecule has 0 aromatic heterocycles. The largest absolute Gasteiger partial charge is 4.00 e. The maximum Gasteiger partial charge on any atom is 4.00 e. The van der Waals surface area contributed by atoms with E-state index in [0.29, 0.717) is 0 Å². The molecule has 0 aliphatic heterocycles. The molecule has 2 rings (SSSR count). The molecule has 0 atom stereocenters. The van der Waals surface area contributed by atoms with Crippen molar-refractivity contribution < 1.29 is 55.7 Å². The van der Waals surface area contributed by atoms with Crippen LogP contribution in [0.4, 0.5) is 0 Å². The van der Waals surface area contributed by atoms with Crippen LogP contribution in [0.25, 0.3) is 0 Å². The van der Waals surface area contributed by atoms with E-state index < -0.39 is 0 Å². The zero-order chi connectivity index (χ0) is 10.2. The van der Waals surface area contributed by atoms with Crippen LogP contribution >= 0.6 is 0 Å². The van der Waals surface area contributed by atoms with Gasteiger partial charge in [0, 0.05) is 0 Å². The average Bonchev–Trinajstić information content (AvgIpc) is 2.21. The molecule has 2 aromatic rings. The summed E-state index contributed by atoms with van der Waals surface area (Å²) < 4.78 is 0. The van der Waals surface area contributed by atoms with Crippen LogP contribution in [0.1, 0.15) is 11.1 Å². The Kier molecular flexibility index (Phi) is 18.1. The van der Waals surface area contributed by atoms with E-state index in [1.807, 2.05) is 60.7 Å². The van der Waals surface area contributed by atoms with E-state index in [1.165, 1.54) is 0 Å². The van der Waals surface area contributed by atoms with E-state index in [4.69, 9.17) is 0 Å². The van der Waals surface area contributed by atoms with Gasteiger partial charge in [-0.25, -0.2) is 0 Å². The zero-order valence-corrected chi connectivity index (χ0v) is 14.2. The number of rotatable bonds is 0. The molecule has 0 nitrogen and oxygen atoms in total. The number of halogens is 2. The summed E-state index contributed by atoms with van der Waals surface area (Å²) in [6.07, 6.45) is 0. The van der Waals surface area contributed by atoms with Crippen molar-refractivity contribution in [1.82, 2.24) is 0 Å². The second-order valence-corrected chi connectivity index (χ2v) is 2.97. The van der Waals surface area contributed by atoms with E-state index in [2.05, 4.69) is 13.8 Å². The van der Waals surface area contributed by atoms with Gasteiger partial charge in [-0.15, -0.1) is 24.3 Å². The van der Waals surface area contributed by atoms with Crippen LogP contribution in [0.5, 0.6) is 0 Å². The second-order valence-electron chi connectivity index (χ2n) is 2.97. The molecule has 0 amide bonds. The minimum atomic E-state index is 0. The molecule has 0 N–H and O–H groups in total. The first-order chi connectivity index (χ1) is 6.79.